The molecule has 0 amide bonds. The fourth-order valence-corrected chi connectivity index (χ4v) is 1.72. The van der Waals surface area contributed by atoms with Crippen molar-refractivity contribution < 1.29 is 12.8 Å². The first-order valence-electron chi connectivity index (χ1n) is 3.87. The van der Waals surface area contributed by atoms with Crippen LogP contribution in [0.15, 0.2) is 17.0 Å². The zero-order valence-corrected chi connectivity index (χ0v) is 8.65. The first-order valence-corrected chi connectivity index (χ1v) is 5.36. The van der Waals surface area contributed by atoms with Crippen molar-refractivity contribution in [3.63, 3.8) is 0 Å². The predicted octanol–water partition coefficient (Wildman–Crippen LogP) is 0.624. The smallest absolute Gasteiger partial charge is 0.240 e. The van der Waals surface area contributed by atoms with Crippen LogP contribution in [0.5, 0.6) is 0 Å². The Kier molecular flexibility index (Phi) is 2.77. The molecule has 0 fully saturated rings. The van der Waals surface area contributed by atoms with Gasteiger partial charge in [-0.05, 0) is 26.1 Å². The quantitative estimate of drug-likeness (QED) is 0.715. The van der Waals surface area contributed by atoms with Crippen molar-refractivity contribution in [1.29, 1.82) is 0 Å². The molecule has 3 N–H and O–H groups in total. The van der Waals surface area contributed by atoms with E-state index >= 15 is 0 Å². The highest BCUT2D eigenvalue weighted by molar-refractivity contribution is 7.89. The number of benzene rings is 1. The van der Waals surface area contributed by atoms with E-state index in [4.69, 9.17) is 5.73 Å². The van der Waals surface area contributed by atoms with E-state index in [1.165, 1.54) is 20.0 Å². The summed E-state index contributed by atoms with van der Waals surface area (Å²) in [6.07, 6.45) is 0. The molecule has 0 atom stereocenters. The van der Waals surface area contributed by atoms with Crippen LogP contribution < -0.4 is 10.5 Å². The van der Waals surface area contributed by atoms with Crippen LogP contribution in [0.3, 0.4) is 0 Å². The van der Waals surface area contributed by atoms with Gasteiger partial charge < -0.3 is 5.73 Å². The highest BCUT2D eigenvalue weighted by Gasteiger charge is 2.14. The lowest BCUT2D eigenvalue weighted by Crippen LogP contribution is -2.19. The van der Waals surface area contributed by atoms with Gasteiger partial charge in [0.05, 0.1) is 4.90 Å². The topological polar surface area (TPSA) is 72.2 Å². The van der Waals surface area contributed by atoms with Crippen molar-refractivity contribution in [3.05, 3.63) is 23.5 Å². The molecule has 0 aliphatic heterocycles. The van der Waals surface area contributed by atoms with Gasteiger partial charge in [-0.2, -0.15) is 0 Å². The van der Waals surface area contributed by atoms with Gasteiger partial charge in [0.15, 0.2) is 0 Å². The molecule has 1 rings (SSSR count). The third-order valence-corrected chi connectivity index (χ3v) is 3.33. The minimum Gasteiger partial charge on any atom is -0.398 e. The standard InChI is InChI=1S/C8H11FN2O2S/c1-5-7(9)3-6(4-8(5)10)14(12,13)11-2/h3-4,11H,10H2,1-2H3. The number of hydrogen-bond donors (Lipinski definition) is 2. The zero-order valence-electron chi connectivity index (χ0n) is 7.83. The number of nitrogens with one attached hydrogen (secondary N) is 1. The third kappa shape index (κ3) is 1.85. The molecule has 0 aliphatic rings. The van der Waals surface area contributed by atoms with Gasteiger partial charge in [-0.25, -0.2) is 17.5 Å². The molecule has 0 heterocycles. The number of rotatable bonds is 2. The van der Waals surface area contributed by atoms with E-state index in [0.717, 1.165) is 6.07 Å². The maximum Gasteiger partial charge on any atom is 0.240 e. The molecule has 0 saturated heterocycles. The minimum absolute atomic E-state index is 0.124. The Labute approximate surface area is 82.0 Å². The molecule has 6 heteroatoms. The van der Waals surface area contributed by atoms with E-state index in [-0.39, 0.29) is 16.1 Å². The first-order chi connectivity index (χ1) is 6.38. The summed E-state index contributed by atoms with van der Waals surface area (Å²) < 4.78 is 37.8. The molecule has 0 radical (unpaired) electrons. The van der Waals surface area contributed by atoms with Gasteiger partial charge in [0.25, 0.3) is 0 Å². The molecule has 0 unspecified atom stereocenters. The van der Waals surface area contributed by atoms with Crippen LogP contribution in [0.25, 0.3) is 0 Å². The average Bonchev–Trinajstić information content (AvgIpc) is 2.13. The highest BCUT2D eigenvalue weighted by atomic mass is 32.2. The molecule has 0 saturated carbocycles. The normalized spacial score (nSPS) is 11.6. The van der Waals surface area contributed by atoms with E-state index < -0.39 is 15.8 Å². The number of hydrogen-bond acceptors (Lipinski definition) is 3. The molecule has 0 spiro atoms. The van der Waals surface area contributed by atoms with Crippen molar-refractivity contribution in [1.82, 2.24) is 4.72 Å². The van der Waals surface area contributed by atoms with Gasteiger partial charge in [-0.15, -0.1) is 0 Å². The Bertz CT molecular complexity index is 433. The van der Waals surface area contributed by atoms with Crippen molar-refractivity contribution in [2.45, 2.75) is 11.8 Å². The van der Waals surface area contributed by atoms with Crippen molar-refractivity contribution in [3.8, 4) is 0 Å². The van der Waals surface area contributed by atoms with Crippen LogP contribution in [0.2, 0.25) is 0 Å². The Morgan fingerprint density at radius 3 is 2.43 bits per heavy atom. The Morgan fingerprint density at radius 2 is 2.00 bits per heavy atom. The van der Waals surface area contributed by atoms with Gasteiger partial charge in [-0.1, -0.05) is 0 Å². The summed E-state index contributed by atoms with van der Waals surface area (Å²) in [5, 5.41) is 0. The molecule has 0 aromatic heterocycles. The van der Waals surface area contributed by atoms with Crippen LogP contribution in [0.4, 0.5) is 10.1 Å². The second-order valence-electron chi connectivity index (χ2n) is 2.83. The summed E-state index contributed by atoms with van der Waals surface area (Å²) in [5.41, 5.74) is 5.81. The molecule has 78 valence electrons. The predicted molar refractivity (Wildman–Crippen MR) is 51.8 cm³/mol. The van der Waals surface area contributed by atoms with Crippen molar-refractivity contribution >= 4 is 15.7 Å². The first kappa shape index (κ1) is 10.9. The summed E-state index contributed by atoms with van der Waals surface area (Å²) in [4.78, 5) is -0.166. The van der Waals surface area contributed by atoms with E-state index in [1.807, 2.05) is 0 Å². The fraction of sp³-hybridized carbons (Fsp3) is 0.250. The number of anilines is 1. The van der Waals surface area contributed by atoms with Gasteiger partial charge in [0.1, 0.15) is 5.82 Å². The van der Waals surface area contributed by atoms with Gasteiger partial charge in [-0.3, -0.25) is 0 Å². The van der Waals surface area contributed by atoms with Crippen LogP contribution in [-0.2, 0) is 10.0 Å². The monoisotopic (exact) mass is 218 g/mol. The van der Waals surface area contributed by atoms with Crippen LogP contribution >= 0.6 is 0 Å². The third-order valence-electron chi connectivity index (χ3n) is 1.94. The second kappa shape index (κ2) is 3.55. The Morgan fingerprint density at radius 1 is 1.43 bits per heavy atom. The van der Waals surface area contributed by atoms with Gasteiger partial charge in [0, 0.05) is 11.3 Å². The number of nitrogen functional groups attached to an aromatic ring is 1. The van der Waals surface area contributed by atoms with Crippen molar-refractivity contribution in [2.24, 2.45) is 0 Å². The minimum atomic E-state index is -3.63. The SMILES string of the molecule is CNS(=O)(=O)c1cc(N)c(C)c(F)c1. The Hall–Kier alpha value is -1.14. The van der Waals surface area contributed by atoms with E-state index in [1.54, 1.807) is 0 Å². The maximum absolute atomic E-state index is 13.1. The lowest BCUT2D eigenvalue weighted by molar-refractivity contribution is 0.582. The number of nitrogens with two attached hydrogens (primary N) is 1. The lowest BCUT2D eigenvalue weighted by atomic mass is 10.2. The molecule has 0 aliphatic carbocycles. The molecule has 4 nitrogen and oxygen atoms in total. The number of halogens is 1. The molecule has 1 aromatic carbocycles. The molecule has 1 aromatic rings. The lowest BCUT2D eigenvalue weighted by Gasteiger charge is -2.06. The summed E-state index contributed by atoms with van der Waals surface area (Å²) in [5.74, 6) is -0.626. The second-order valence-corrected chi connectivity index (χ2v) is 4.71. The van der Waals surface area contributed by atoms with Crippen molar-refractivity contribution in [2.75, 3.05) is 12.8 Å². The summed E-state index contributed by atoms with van der Waals surface area (Å²) >= 11 is 0. The zero-order chi connectivity index (χ0) is 10.9. The highest BCUT2D eigenvalue weighted by Crippen LogP contribution is 2.20. The number of sulfonamides is 1. The molecular formula is C8H11FN2O2S. The summed E-state index contributed by atoms with van der Waals surface area (Å²) in [7, 11) is -2.38. The van der Waals surface area contributed by atoms with E-state index in [0.29, 0.717) is 0 Å². The van der Waals surface area contributed by atoms with Crippen LogP contribution in [0, 0.1) is 12.7 Å². The molecule has 14 heavy (non-hydrogen) atoms. The molecular weight excluding hydrogens is 207 g/mol. The molecule has 0 bridgehead atoms. The maximum atomic E-state index is 13.1. The van der Waals surface area contributed by atoms with Gasteiger partial charge in [0.2, 0.25) is 10.0 Å². The average molecular weight is 218 g/mol. The van der Waals surface area contributed by atoms with Crippen LogP contribution in [0.1, 0.15) is 5.56 Å². The summed E-state index contributed by atoms with van der Waals surface area (Å²) in [6.45, 7) is 1.49. The Balaban J connectivity index is 3.41. The van der Waals surface area contributed by atoms with E-state index in [9.17, 15) is 12.8 Å². The van der Waals surface area contributed by atoms with E-state index in [2.05, 4.69) is 4.72 Å². The fourth-order valence-electron chi connectivity index (χ4n) is 0.947. The summed E-state index contributed by atoms with van der Waals surface area (Å²) in [6, 6.07) is 2.17. The van der Waals surface area contributed by atoms with Gasteiger partial charge >= 0.3 is 0 Å². The largest absolute Gasteiger partial charge is 0.398 e. The van der Waals surface area contributed by atoms with Crippen LogP contribution in [-0.4, -0.2) is 15.5 Å².